The fourth-order valence-electron chi connectivity index (χ4n) is 2.56. The van der Waals surface area contributed by atoms with E-state index < -0.39 is 0 Å². The SMILES string of the molecule is CCCNC(c1cnn2ccccc12)c1c(Cl)cnn1C. The van der Waals surface area contributed by atoms with Gasteiger partial charge in [-0.1, -0.05) is 24.6 Å². The van der Waals surface area contributed by atoms with Gasteiger partial charge in [0.05, 0.1) is 34.7 Å². The van der Waals surface area contributed by atoms with E-state index in [-0.39, 0.29) is 6.04 Å². The molecule has 0 saturated carbocycles. The summed E-state index contributed by atoms with van der Waals surface area (Å²) in [6, 6.07) is 6.02. The zero-order valence-electron chi connectivity index (χ0n) is 12.1. The minimum absolute atomic E-state index is 0.0233. The Morgan fingerprint density at radius 1 is 1.29 bits per heavy atom. The van der Waals surface area contributed by atoms with Crippen molar-refractivity contribution in [1.29, 1.82) is 0 Å². The number of aromatic nitrogens is 4. The molecular weight excluding hydrogens is 286 g/mol. The van der Waals surface area contributed by atoms with Crippen molar-refractivity contribution in [3.8, 4) is 0 Å². The molecule has 0 aliphatic rings. The predicted molar refractivity (Wildman–Crippen MR) is 83.5 cm³/mol. The maximum Gasteiger partial charge on any atom is 0.0837 e. The Hall–Kier alpha value is -1.85. The Kier molecular flexibility index (Phi) is 3.94. The summed E-state index contributed by atoms with van der Waals surface area (Å²) in [6.07, 6.45) is 6.57. The summed E-state index contributed by atoms with van der Waals surface area (Å²) >= 11 is 6.34. The molecular formula is C15H18ClN5. The number of pyridine rings is 1. The normalized spacial score (nSPS) is 12.9. The van der Waals surface area contributed by atoms with Crippen molar-refractivity contribution in [1.82, 2.24) is 24.7 Å². The standard InChI is InChI=1S/C15H18ClN5/c1-3-7-17-14(15-12(16)10-18-20(15)2)11-9-19-21-8-5-4-6-13(11)21/h4-6,8-10,14,17H,3,7H2,1-2H3. The molecule has 0 spiro atoms. The van der Waals surface area contributed by atoms with Crippen LogP contribution >= 0.6 is 11.6 Å². The maximum atomic E-state index is 6.34. The van der Waals surface area contributed by atoms with Gasteiger partial charge >= 0.3 is 0 Å². The van der Waals surface area contributed by atoms with Gasteiger partial charge in [0.15, 0.2) is 0 Å². The van der Waals surface area contributed by atoms with Gasteiger partial charge in [-0.3, -0.25) is 4.68 Å². The van der Waals surface area contributed by atoms with Crippen LogP contribution in [0.15, 0.2) is 36.8 Å². The lowest BCUT2D eigenvalue weighted by Gasteiger charge is -2.19. The first kappa shape index (κ1) is 14.1. The van der Waals surface area contributed by atoms with Crippen molar-refractivity contribution < 1.29 is 0 Å². The molecule has 0 fully saturated rings. The van der Waals surface area contributed by atoms with Gasteiger partial charge in [0.2, 0.25) is 0 Å². The number of hydrogen-bond donors (Lipinski definition) is 1. The molecule has 0 amide bonds. The topological polar surface area (TPSA) is 47.1 Å². The van der Waals surface area contributed by atoms with Crippen LogP contribution in [0, 0.1) is 0 Å². The van der Waals surface area contributed by atoms with E-state index in [2.05, 4.69) is 28.5 Å². The third-order valence-electron chi connectivity index (χ3n) is 3.58. The summed E-state index contributed by atoms with van der Waals surface area (Å²) in [4.78, 5) is 0. The Labute approximate surface area is 128 Å². The number of aryl methyl sites for hydroxylation is 1. The Morgan fingerprint density at radius 3 is 2.86 bits per heavy atom. The van der Waals surface area contributed by atoms with E-state index in [1.165, 1.54) is 0 Å². The second kappa shape index (κ2) is 5.87. The summed E-state index contributed by atoms with van der Waals surface area (Å²) in [7, 11) is 1.91. The molecule has 3 rings (SSSR count). The molecule has 0 aliphatic carbocycles. The lowest BCUT2D eigenvalue weighted by atomic mass is 10.0. The molecule has 0 aromatic carbocycles. The molecule has 1 atom stereocenters. The number of fused-ring (bicyclic) bond motifs is 1. The van der Waals surface area contributed by atoms with Crippen LogP contribution in [0.25, 0.3) is 5.52 Å². The summed E-state index contributed by atoms with van der Waals surface area (Å²) in [6.45, 7) is 3.04. The number of halogens is 1. The summed E-state index contributed by atoms with van der Waals surface area (Å²) in [5, 5.41) is 12.9. The van der Waals surface area contributed by atoms with E-state index in [0.717, 1.165) is 29.7 Å². The third-order valence-corrected chi connectivity index (χ3v) is 3.87. The van der Waals surface area contributed by atoms with Crippen molar-refractivity contribution in [3.05, 3.63) is 53.1 Å². The molecule has 21 heavy (non-hydrogen) atoms. The van der Waals surface area contributed by atoms with Crippen LogP contribution in [0.1, 0.15) is 30.6 Å². The van der Waals surface area contributed by atoms with Crippen LogP contribution < -0.4 is 5.32 Å². The van der Waals surface area contributed by atoms with Crippen molar-refractivity contribution in [2.45, 2.75) is 19.4 Å². The Balaban J connectivity index is 2.11. The maximum absolute atomic E-state index is 6.34. The number of rotatable bonds is 5. The molecule has 110 valence electrons. The van der Waals surface area contributed by atoms with E-state index in [0.29, 0.717) is 5.02 Å². The number of nitrogens with zero attached hydrogens (tertiary/aromatic N) is 4. The van der Waals surface area contributed by atoms with Crippen molar-refractivity contribution in [2.75, 3.05) is 6.54 Å². The monoisotopic (exact) mass is 303 g/mol. The average molecular weight is 304 g/mol. The average Bonchev–Trinajstić information content (AvgIpc) is 3.06. The Bertz CT molecular complexity index is 726. The van der Waals surface area contributed by atoms with Crippen LogP contribution in [0.5, 0.6) is 0 Å². The van der Waals surface area contributed by atoms with E-state index in [1.54, 1.807) is 6.20 Å². The van der Waals surface area contributed by atoms with Crippen LogP contribution in [-0.2, 0) is 7.05 Å². The van der Waals surface area contributed by atoms with Crippen LogP contribution in [0.3, 0.4) is 0 Å². The van der Waals surface area contributed by atoms with Crippen LogP contribution in [-0.4, -0.2) is 25.9 Å². The van der Waals surface area contributed by atoms with E-state index in [9.17, 15) is 0 Å². The minimum atomic E-state index is -0.0233. The highest BCUT2D eigenvalue weighted by Crippen LogP contribution is 2.30. The fraction of sp³-hybridized carbons (Fsp3) is 0.333. The van der Waals surface area contributed by atoms with Gasteiger partial charge in [-0.15, -0.1) is 0 Å². The van der Waals surface area contributed by atoms with Crippen molar-refractivity contribution in [3.63, 3.8) is 0 Å². The first-order valence-corrected chi connectivity index (χ1v) is 7.43. The smallest absolute Gasteiger partial charge is 0.0837 e. The predicted octanol–water partition coefficient (Wildman–Crippen LogP) is 2.81. The molecule has 0 bridgehead atoms. The van der Waals surface area contributed by atoms with E-state index in [1.807, 2.05) is 40.8 Å². The zero-order chi connectivity index (χ0) is 14.8. The summed E-state index contributed by atoms with van der Waals surface area (Å²) < 4.78 is 3.70. The van der Waals surface area contributed by atoms with Gasteiger partial charge in [-0.25, -0.2) is 4.52 Å². The van der Waals surface area contributed by atoms with Crippen molar-refractivity contribution in [2.24, 2.45) is 7.05 Å². The molecule has 3 aromatic rings. The largest absolute Gasteiger partial charge is 0.305 e. The van der Waals surface area contributed by atoms with Crippen LogP contribution in [0.2, 0.25) is 5.02 Å². The van der Waals surface area contributed by atoms with Crippen LogP contribution in [0.4, 0.5) is 0 Å². The van der Waals surface area contributed by atoms with Gasteiger partial charge in [0.25, 0.3) is 0 Å². The molecule has 1 unspecified atom stereocenters. The van der Waals surface area contributed by atoms with E-state index >= 15 is 0 Å². The number of nitrogens with one attached hydrogen (secondary N) is 1. The van der Waals surface area contributed by atoms with Gasteiger partial charge < -0.3 is 5.32 Å². The first-order chi connectivity index (χ1) is 10.2. The highest BCUT2D eigenvalue weighted by molar-refractivity contribution is 6.31. The molecule has 0 aliphatic heterocycles. The third kappa shape index (κ3) is 2.54. The summed E-state index contributed by atoms with van der Waals surface area (Å²) in [5.74, 6) is 0. The molecule has 0 radical (unpaired) electrons. The van der Waals surface area contributed by atoms with E-state index in [4.69, 9.17) is 11.6 Å². The first-order valence-electron chi connectivity index (χ1n) is 7.05. The lowest BCUT2D eigenvalue weighted by molar-refractivity contribution is 0.556. The molecule has 6 heteroatoms. The summed E-state index contributed by atoms with van der Waals surface area (Å²) in [5.41, 5.74) is 3.14. The number of hydrogen-bond acceptors (Lipinski definition) is 3. The molecule has 0 saturated heterocycles. The highest BCUT2D eigenvalue weighted by atomic mass is 35.5. The molecule has 3 aromatic heterocycles. The second-order valence-corrected chi connectivity index (χ2v) is 5.43. The quantitative estimate of drug-likeness (QED) is 0.788. The van der Waals surface area contributed by atoms with Crippen molar-refractivity contribution >= 4 is 17.1 Å². The van der Waals surface area contributed by atoms with Gasteiger partial charge in [-0.2, -0.15) is 10.2 Å². The molecule has 3 heterocycles. The highest BCUT2D eigenvalue weighted by Gasteiger charge is 2.23. The lowest BCUT2D eigenvalue weighted by Crippen LogP contribution is -2.25. The van der Waals surface area contributed by atoms with Gasteiger partial charge in [0, 0.05) is 18.8 Å². The zero-order valence-corrected chi connectivity index (χ0v) is 12.9. The fourth-order valence-corrected chi connectivity index (χ4v) is 2.84. The van der Waals surface area contributed by atoms with Gasteiger partial charge in [0.1, 0.15) is 0 Å². The Morgan fingerprint density at radius 2 is 2.14 bits per heavy atom. The second-order valence-electron chi connectivity index (χ2n) is 5.02. The molecule has 1 N–H and O–H groups in total. The van der Waals surface area contributed by atoms with Gasteiger partial charge in [-0.05, 0) is 25.1 Å². The molecule has 5 nitrogen and oxygen atoms in total. The minimum Gasteiger partial charge on any atom is -0.305 e.